The lowest BCUT2D eigenvalue weighted by Crippen LogP contribution is -2.42. The Hall–Kier alpha value is -0.770. The Morgan fingerprint density at radius 2 is 1.89 bits per heavy atom. The van der Waals surface area contributed by atoms with Gasteiger partial charge in [-0.05, 0) is 39.5 Å². The molecule has 114 valence electrons. The Bertz CT molecular complexity index is 267. The van der Waals surface area contributed by atoms with Gasteiger partial charge in [0.05, 0.1) is 6.61 Å². The topological polar surface area (TPSA) is 58.6 Å². The zero-order chi connectivity index (χ0) is 15.1. The molecule has 0 spiro atoms. The highest BCUT2D eigenvalue weighted by atomic mass is 16.6. The Morgan fingerprint density at radius 3 is 2.26 bits per heavy atom. The predicted molar refractivity (Wildman–Crippen MR) is 78.1 cm³/mol. The zero-order valence-electron chi connectivity index (χ0n) is 13.4. The number of aliphatic hydroxyl groups excluding tert-OH is 1. The number of amides is 1. The Balaban J connectivity index is 4.47. The van der Waals surface area contributed by atoms with Crippen molar-refractivity contribution in [3.8, 4) is 0 Å². The Kier molecular flexibility index (Phi) is 7.42. The van der Waals surface area contributed by atoms with Crippen LogP contribution in [-0.2, 0) is 4.74 Å². The van der Waals surface area contributed by atoms with E-state index in [1.807, 2.05) is 20.8 Å². The molecular formula is C15H31NO3. The van der Waals surface area contributed by atoms with Crippen LogP contribution < -0.4 is 5.32 Å². The summed E-state index contributed by atoms with van der Waals surface area (Å²) in [4.78, 5) is 11.7. The van der Waals surface area contributed by atoms with Gasteiger partial charge in [-0.1, -0.05) is 27.2 Å². The van der Waals surface area contributed by atoms with Crippen molar-refractivity contribution in [3.05, 3.63) is 0 Å². The third-order valence-electron chi connectivity index (χ3n) is 3.57. The molecule has 0 rings (SSSR count). The lowest BCUT2D eigenvalue weighted by Gasteiger charge is -2.33. The van der Waals surface area contributed by atoms with Gasteiger partial charge in [0.2, 0.25) is 0 Å². The van der Waals surface area contributed by atoms with Gasteiger partial charge in [-0.15, -0.1) is 0 Å². The molecule has 2 N–H and O–H groups in total. The van der Waals surface area contributed by atoms with E-state index < -0.39 is 11.7 Å². The van der Waals surface area contributed by atoms with Crippen LogP contribution in [0.5, 0.6) is 0 Å². The molecule has 2 atom stereocenters. The highest BCUT2D eigenvalue weighted by Gasteiger charge is 2.30. The van der Waals surface area contributed by atoms with Gasteiger partial charge in [-0.25, -0.2) is 4.79 Å². The Morgan fingerprint density at radius 1 is 1.32 bits per heavy atom. The molecule has 0 radical (unpaired) electrons. The van der Waals surface area contributed by atoms with E-state index in [0.717, 1.165) is 19.3 Å². The molecule has 0 fully saturated rings. The summed E-state index contributed by atoms with van der Waals surface area (Å²) in [6.45, 7) is 12.4. The third kappa shape index (κ3) is 7.41. The molecule has 0 saturated heterocycles. The van der Waals surface area contributed by atoms with Crippen LogP contribution >= 0.6 is 0 Å². The van der Waals surface area contributed by atoms with Gasteiger partial charge in [0.1, 0.15) is 5.60 Å². The van der Waals surface area contributed by atoms with Crippen LogP contribution in [0.1, 0.15) is 60.8 Å². The number of carbonyl (C=O) groups is 1. The lowest BCUT2D eigenvalue weighted by molar-refractivity contribution is 0.0430. The van der Waals surface area contributed by atoms with Gasteiger partial charge in [0.25, 0.3) is 0 Å². The summed E-state index contributed by atoms with van der Waals surface area (Å²) < 4.78 is 5.22. The SMILES string of the molecule is CCC(C)CC(CC)(CO)CNC(=O)OC(C)(C)C. The van der Waals surface area contributed by atoms with Crippen LogP contribution in [0.2, 0.25) is 0 Å². The van der Waals surface area contributed by atoms with Crippen molar-refractivity contribution in [2.75, 3.05) is 13.2 Å². The second-order valence-corrected chi connectivity index (χ2v) is 6.58. The van der Waals surface area contributed by atoms with E-state index in [0.29, 0.717) is 12.5 Å². The van der Waals surface area contributed by atoms with Gasteiger partial charge in [0.15, 0.2) is 0 Å². The molecule has 0 bridgehead atoms. The molecule has 4 heteroatoms. The fourth-order valence-electron chi connectivity index (χ4n) is 2.03. The standard InChI is InChI=1S/C15H31NO3/c1-7-12(3)9-15(8-2,11-17)10-16-13(18)19-14(4,5)6/h12,17H,7-11H2,1-6H3,(H,16,18). The van der Waals surface area contributed by atoms with Crippen LogP contribution in [0.15, 0.2) is 0 Å². The molecule has 0 aromatic rings. The molecule has 0 aliphatic rings. The number of nitrogens with one attached hydrogen (secondary N) is 1. The van der Waals surface area contributed by atoms with E-state index >= 15 is 0 Å². The van der Waals surface area contributed by atoms with Crippen molar-refractivity contribution in [3.63, 3.8) is 0 Å². The second kappa shape index (κ2) is 7.73. The van der Waals surface area contributed by atoms with Crippen molar-refractivity contribution in [1.29, 1.82) is 0 Å². The number of rotatable bonds is 7. The number of carbonyl (C=O) groups excluding carboxylic acids is 1. The first kappa shape index (κ1) is 18.2. The molecule has 4 nitrogen and oxygen atoms in total. The maximum atomic E-state index is 11.7. The number of hydrogen-bond acceptors (Lipinski definition) is 3. The summed E-state index contributed by atoms with van der Waals surface area (Å²) in [5.41, 5.74) is -0.735. The molecule has 0 aliphatic heterocycles. The quantitative estimate of drug-likeness (QED) is 0.748. The molecule has 2 unspecified atom stereocenters. The summed E-state index contributed by atoms with van der Waals surface area (Å²) in [6, 6.07) is 0. The van der Waals surface area contributed by atoms with Gasteiger partial charge in [0, 0.05) is 12.0 Å². The first-order valence-electron chi connectivity index (χ1n) is 7.25. The van der Waals surface area contributed by atoms with E-state index in [1.54, 1.807) is 0 Å². The normalized spacial score (nSPS) is 16.6. The highest BCUT2D eigenvalue weighted by Crippen LogP contribution is 2.30. The smallest absolute Gasteiger partial charge is 0.407 e. The summed E-state index contributed by atoms with van der Waals surface area (Å²) in [7, 11) is 0. The average molecular weight is 273 g/mol. The molecule has 0 aliphatic carbocycles. The summed E-state index contributed by atoms with van der Waals surface area (Å²) in [5, 5.41) is 12.5. The van der Waals surface area contributed by atoms with Crippen molar-refractivity contribution >= 4 is 6.09 Å². The third-order valence-corrected chi connectivity index (χ3v) is 3.57. The van der Waals surface area contributed by atoms with E-state index in [9.17, 15) is 9.90 Å². The van der Waals surface area contributed by atoms with Crippen molar-refractivity contribution < 1.29 is 14.6 Å². The summed E-state index contributed by atoms with van der Waals surface area (Å²) >= 11 is 0. The van der Waals surface area contributed by atoms with Gasteiger partial charge in [-0.3, -0.25) is 0 Å². The Labute approximate surface area is 117 Å². The summed E-state index contributed by atoms with van der Waals surface area (Å²) in [6.07, 6.45) is 2.41. The molecule has 1 amide bonds. The molecule has 0 saturated carbocycles. The number of aliphatic hydroxyl groups is 1. The molecular weight excluding hydrogens is 242 g/mol. The minimum Gasteiger partial charge on any atom is -0.444 e. The average Bonchev–Trinajstić information content (AvgIpc) is 2.32. The van der Waals surface area contributed by atoms with E-state index in [-0.39, 0.29) is 12.0 Å². The minimum absolute atomic E-state index is 0.0869. The fraction of sp³-hybridized carbons (Fsp3) is 0.933. The van der Waals surface area contributed by atoms with Crippen LogP contribution in [0.25, 0.3) is 0 Å². The molecule has 0 heterocycles. The number of ether oxygens (including phenoxy) is 1. The fourth-order valence-corrected chi connectivity index (χ4v) is 2.03. The maximum Gasteiger partial charge on any atom is 0.407 e. The first-order chi connectivity index (χ1) is 8.68. The summed E-state index contributed by atoms with van der Waals surface area (Å²) in [5.74, 6) is 0.535. The van der Waals surface area contributed by atoms with E-state index in [2.05, 4.69) is 26.1 Å². The van der Waals surface area contributed by atoms with Crippen LogP contribution in [0.3, 0.4) is 0 Å². The molecule has 19 heavy (non-hydrogen) atoms. The van der Waals surface area contributed by atoms with Gasteiger partial charge >= 0.3 is 6.09 Å². The monoisotopic (exact) mass is 273 g/mol. The predicted octanol–water partition coefficient (Wildman–Crippen LogP) is 3.34. The van der Waals surface area contributed by atoms with Crippen molar-refractivity contribution in [2.45, 2.75) is 66.4 Å². The van der Waals surface area contributed by atoms with Crippen molar-refractivity contribution in [1.82, 2.24) is 5.32 Å². The second-order valence-electron chi connectivity index (χ2n) is 6.58. The van der Waals surface area contributed by atoms with E-state index in [1.165, 1.54) is 0 Å². The minimum atomic E-state index is -0.491. The van der Waals surface area contributed by atoms with Crippen molar-refractivity contribution in [2.24, 2.45) is 11.3 Å². The van der Waals surface area contributed by atoms with Gasteiger partial charge < -0.3 is 15.2 Å². The first-order valence-corrected chi connectivity index (χ1v) is 7.25. The largest absolute Gasteiger partial charge is 0.444 e. The van der Waals surface area contributed by atoms with Crippen LogP contribution in [0, 0.1) is 11.3 Å². The van der Waals surface area contributed by atoms with Crippen LogP contribution in [-0.4, -0.2) is 30.0 Å². The highest BCUT2D eigenvalue weighted by molar-refractivity contribution is 5.67. The number of hydrogen-bond donors (Lipinski definition) is 2. The zero-order valence-corrected chi connectivity index (χ0v) is 13.4. The number of alkyl carbamates (subject to hydrolysis) is 1. The molecule has 0 aromatic carbocycles. The lowest BCUT2D eigenvalue weighted by atomic mass is 9.77. The van der Waals surface area contributed by atoms with E-state index in [4.69, 9.17) is 4.74 Å². The van der Waals surface area contributed by atoms with Crippen LogP contribution in [0.4, 0.5) is 4.79 Å². The maximum absolute atomic E-state index is 11.7. The van der Waals surface area contributed by atoms with Gasteiger partial charge in [-0.2, -0.15) is 0 Å². The molecule has 0 aromatic heterocycles.